The summed E-state index contributed by atoms with van der Waals surface area (Å²) in [6, 6.07) is 2.61. The third kappa shape index (κ3) is 3.01. The molecule has 1 aliphatic rings. The van der Waals surface area contributed by atoms with E-state index in [0.717, 1.165) is 18.1 Å². The van der Waals surface area contributed by atoms with Crippen LogP contribution in [0.5, 0.6) is 0 Å². The molecule has 0 saturated carbocycles. The van der Waals surface area contributed by atoms with E-state index in [-0.39, 0.29) is 0 Å². The molecular weight excluding hydrogens is 220 g/mol. The van der Waals surface area contributed by atoms with Gasteiger partial charge in [-0.05, 0) is 19.4 Å². The van der Waals surface area contributed by atoms with Crippen molar-refractivity contribution in [3.05, 3.63) is 18.0 Å². The molecule has 1 N–H and O–H groups in total. The average Bonchev–Trinajstić information content (AvgIpc) is 2.65. The third-order valence-electron chi connectivity index (χ3n) is 2.71. The quantitative estimate of drug-likeness (QED) is 0.866. The Labute approximate surface area is 101 Å². The number of hydrogen-bond donors (Lipinski definition) is 1. The number of nitrogens with zero attached hydrogens (tertiary/aromatic N) is 3. The fourth-order valence-electron chi connectivity index (χ4n) is 1.67. The Hall–Kier alpha value is -0.970. The Kier molecular flexibility index (Phi) is 3.88. The number of rotatable bonds is 3. The van der Waals surface area contributed by atoms with Gasteiger partial charge in [0.2, 0.25) is 0 Å². The molecule has 0 aromatic carbocycles. The summed E-state index contributed by atoms with van der Waals surface area (Å²) >= 11 is 1.82. The van der Waals surface area contributed by atoms with E-state index in [1.54, 1.807) is 0 Å². The number of hydrogen-bond acceptors (Lipinski definition) is 3. The molecule has 4 nitrogen and oxygen atoms in total. The first-order chi connectivity index (χ1) is 7.75. The van der Waals surface area contributed by atoms with Crippen molar-refractivity contribution in [1.29, 1.82) is 0 Å². The van der Waals surface area contributed by atoms with Gasteiger partial charge in [0.05, 0.1) is 0 Å². The van der Waals surface area contributed by atoms with Gasteiger partial charge in [0, 0.05) is 43.7 Å². The monoisotopic (exact) mass is 238 g/mol. The van der Waals surface area contributed by atoms with Gasteiger partial charge in [0.1, 0.15) is 0 Å². The highest BCUT2D eigenvalue weighted by Gasteiger charge is 2.12. The molecule has 5 heteroatoms. The molecule has 1 fully saturated rings. The maximum Gasteiger partial charge on any atom is 0.156 e. The van der Waals surface area contributed by atoms with E-state index in [1.807, 2.05) is 35.8 Å². The zero-order valence-electron chi connectivity index (χ0n) is 9.81. The van der Waals surface area contributed by atoms with E-state index in [2.05, 4.69) is 22.3 Å². The zero-order chi connectivity index (χ0) is 11.4. The predicted molar refractivity (Wildman–Crippen MR) is 68.9 cm³/mol. The highest BCUT2D eigenvalue weighted by molar-refractivity contribution is 8.13. The van der Waals surface area contributed by atoms with Crippen LogP contribution in [0.2, 0.25) is 0 Å². The van der Waals surface area contributed by atoms with Crippen LogP contribution in [-0.2, 0) is 13.5 Å². The van der Waals surface area contributed by atoms with Gasteiger partial charge in [0.25, 0.3) is 0 Å². The molecule has 0 radical (unpaired) electrons. The van der Waals surface area contributed by atoms with Crippen LogP contribution < -0.4 is 5.32 Å². The van der Waals surface area contributed by atoms with E-state index in [0.29, 0.717) is 6.04 Å². The first-order valence-corrected chi connectivity index (χ1v) is 6.65. The molecule has 88 valence electrons. The van der Waals surface area contributed by atoms with Gasteiger partial charge >= 0.3 is 0 Å². The van der Waals surface area contributed by atoms with E-state index in [1.165, 1.54) is 17.9 Å². The highest BCUT2D eigenvalue weighted by atomic mass is 32.2. The van der Waals surface area contributed by atoms with Crippen LogP contribution in [-0.4, -0.2) is 33.3 Å². The SMILES string of the molecule is CC1CCSC(=NCCc2ccnn2C)N1. The Morgan fingerprint density at radius 2 is 2.56 bits per heavy atom. The van der Waals surface area contributed by atoms with Crippen molar-refractivity contribution in [2.24, 2.45) is 12.0 Å². The molecule has 1 aromatic rings. The maximum atomic E-state index is 4.58. The smallest absolute Gasteiger partial charge is 0.156 e. The van der Waals surface area contributed by atoms with Crippen molar-refractivity contribution in [2.75, 3.05) is 12.3 Å². The fraction of sp³-hybridized carbons (Fsp3) is 0.636. The number of amidine groups is 1. The standard InChI is InChI=1S/C11H18N4S/c1-9-5-8-16-11(14-9)12-6-3-10-4-7-13-15(10)2/h4,7,9H,3,5-6,8H2,1-2H3,(H,12,14). The van der Waals surface area contributed by atoms with Crippen LogP contribution >= 0.6 is 11.8 Å². The van der Waals surface area contributed by atoms with Gasteiger partial charge in [0.15, 0.2) is 5.17 Å². The van der Waals surface area contributed by atoms with Gasteiger partial charge < -0.3 is 5.32 Å². The normalized spacial score (nSPS) is 23.4. The van der Waals surface area contributed by atoms with Gasteiger partial charge in [-0.15, -0.1) is 0 Å². The number of aryl methyl sites for hydroxylation is 1. The average molecular weight is 238 g/mol. The first-order valence-electron chi connectivity index (χ1n) is 5.66. The topological polar surface area (TPSA) is 42.2 Å². The summed E-state index contributed by atoms with van der Waals surface area (Å²) in [4.78, 5) is 4.58. The second-order valence-corrected chi connectivity index (χ2v) is 5.15. The lowest BCUT2D eigenvalue weighted by Crippen LogP contribution is -2.35. The summed E-state index contributed by atoms with van der Waals surface area (Å²) in [7, 11) is 1.97. The van der Waals surface area contributed by atoms with Gasteiger partial charge in [-0.1, -0.05) is 11.8 Å². The van der Waals surface area contributed by atoms with Crippen LogP contribution in [0.1, 0.15) is 19.0 Å². The minimum Gasteiger partial charge on any atom is -0.362 e. The molecule has 2 rings (SSSR count). The van der Waals surface area contributed by atoms with Gasteiger partial charge in [-0.3, -0.25) is 9.67 Å². The van der Waals surface area contributed by atoms with E-state index >= 15 is 0 Å². The van der Waals surface area contributed by atoms with Crippen LogP contribution in [0.4, 0.5) is 0 Å². The molecule has 1 unspecified atom stereocenters. The fourth-order valence-corrected chi connectivity index (χ4v) is 2.80. The molecular formula is C11H18N4S. The summed E-state index contributed by atoms with van der Waals surface area (Å²) in [5.74, 6) is 1.18. The second kappa shape index (κ2) is 5.39. The Morgan fingerprint density at radius 1 is 1.69 bits per heavy atom. The van der Waals surface area contributed by atoms with Crippen molar-refractivity contribution < 1.29 is 0 Å². The minimum absolute atomic E-state index is 0.566. The van der Waals surface area contributed by atoms with Crippen LogP contribution in [0, 0.1) is 0 Å². The summed E-state index contributed by atoms with van der Waals surface area (Å²) in [6.45, 7) is 3.04. The second-order valence-electron chi connectivity index (χ2n) is 4.07. The molecule has 2 heterocycles. The van der Waals surface area contributed by atoms with E-state index in [4.69, 9.17) is 0 Å². The van der Waals surface area contributed by atoms with Crippen molar-refractivity contribution in [1.82, 2.24) is 15.1 Å². The van der Waals surface area contributed by atoms with Crippen molar-refractivity contribution in [2.45, 2.75) is 25.8 Å². The summed E-state index contributed by atoms with van der Waals surface area (Å²) in [6.07, 6.45) is 4.01. The van der Waals surface area contributed by atoms with Crippen molar-refractivity contribution in [3.8, 4) is 0 Å². The third-order valence-corrected chi connectivity index (χ3v) is 3.67. The molecule has 1 aliphatic heterocycles. The van der Waals surface area contributed by atoms with E-state index < -0.39 is 0 Å². The predicted octanol–water partition coefficient (Wildman–Crippen LogP) is 1.43. The lowest BCUT2D eigenvalue weighted by molar-refractivity contribution is 0.641. The Balaban J connectivity index is 1.82. The number of nitrogens with one attached hydrogen (secondary N) is 1. The number of aromatic nitrogens is 2. The first kappa shape index (κ1) is 11.5. The lowest BCUT2D eigenvalue weighted by Gasteiger charge is -2.21. The molecule has 0 amide bonds. The van der Waals surface area contributed by atoms with E-state index in [9.17, 15) is 0 Å². The molecule has 1 saturated heterocycles. The molecule has 0 aliphatic carbocycles. The van der Waals surface area contributed by atoms with Crippen LogP contribution in [0.3, 0.4) is 0 Å². The molecule has 0 spiro atoms. The number of thioether (sulfide) groups is 1. The van der Waals surface area contributed by atoms with Crippen molar-refractivity contribution >= 4 is 16.9 Å². The lowest BCUT2D eigenvalue weighted by atomic mass is 10.3. The molecule has 1 atom stereocenters. The Bertz CT molecular complexity index is 372. The molecule has 0 bridgehead atoms. The molecule has 1 aromatic heterocycles. The van der Waals surface area contributed by atoms with Gasteiger partial charge in [-0.25, -0.2) is 0 Å². The minimum atomic E-state index is 0.566. The summed E-state index contributed by atoms with van der Waals surface area (Å²) in [5.41, 5.74) is 1.23. The zero-order valence-corrected chi connectivity index (χ0v) is 10.6. The summed E-state index contributed by atoms with van der Waals surface area (Å²) in [5, 5.41) is 8.64. The number of aliphatic imine (C=N–C) groups is 1. The van der Waals surface area contributed by atoms with Gasteiger partial charge in [-0.2, -0.15) is 5.10 Å². The summed E-state index contributed by atoms with van der Waals surface area (Å²) < 4.78 is 1.91. The Morgan fingerprint density at radius 3 is 3.25 bits per heavy atom. The van der Waals surface area contributed by atoms with Crippen LogP contribution in [0.15, 0.2) is 17.3 Å². The largest absolute Gasteiger partial charge is 0.362 e. The van der Waals surface area contributed by atoms with Crippen molar-refractivity contribution in [3.63, 3.8) is 0 Å². The maximum absolute atomic E-state index is 4.58. The highest BCUT2D eigenvalue weighted by Crippen LogP contribution is 2.13. The molecule has 16 heavy (non-hydrogen) atoms. The van der Waals surface area contributed by atoms with Crippen LogP contribution in [0.25, 0.3) is 0 Å².